The predicted molar refractivity (Wildman–Crippen MR) is 60.9 cm³/mol. The van der Waals surface area contributed by atoms with Gasteiger partial charge in [0, 0.05) is 0 Å². The molecule has 0 radical (unpaired) electrons. The smallest absolute Gasteiger partial charge is 0.290 e. The average Bonchev–Trinajstić information content (AvgIpc) is 2.18. The highest BCUT2D eigenvalue weighted by molar-refractivity contribution is 5.79. The lowest BCUT2D eigenvalue weighted by atomic mass is 10.0. The van der Waals surface area contributed by atoms with Gasteiger partial charge in [-0.1, -0.05) is 26.0 Å². The number of aromatic amines is 1. The van der Waals surface area contributed by atoms with Crippen LogP contribution in [0.2, 0.25) is 0 Å². The number of aromatic nitrogens is 2. The van der Waals surface area contributed by atoms with Gasteiger partial charge in [0.25, 0.3) is 5.56 Å². The van der Waals surface area contributed by atoms with E-state index in [0.29, 0.717) is 5.92 Å². The molecule has 1 aromatic carbocycles. The summed E-state index contributed by atoms with van der Waals surface area (Å²) in [7, 11) is 0. The van der Waals surface area contributed by atoms with Gasteiger partial charge in [-0.05, 0) is 17.5 Å². The maximum Gasteiger partial charge on any atom is 0.290 e. The van der Waals surface area contributed by atoms with Gasteiger partial charge in [0.1, 0.15) is 0 Å². The second-order valence-corrected chi connectivity index (χ2v) is 3.85. The second kappa shape index (κ2) is 3.38. The monoisotopic (exact) mass is 203 g/mol. The highest BCUT2D eigenvalue weighted by Gasteiger charge is 2.08. The van der Waals surface area contributed by atoms with Crippen molar-refractivity contribution in [2.75, 3.05) is 5.73 Å². The van der Waals surface area contributed by atoms with Gasteiger partial charge < -0.3 is 10.7 Å². The van der Waals surface area contributed by atoms with E-state index in [1.165, 1.54) is 0 Å². The van der Waals surface area contributed by atoms with Crippen molar-refractivity contribution in [1.29, 1.82) is 0 Å². The molecule has 0 saturated heterocycles. The minimum Gasteiger partial charge on any atom is -0.379 e. The van der Waals surface area contributed by atoms with E-state index in [4.69, 9.17) is 5.73 Å². The standard InChI is InChI=1S/C11H13N3O/c1-6(2)7-4-3-5-8-9(7)14-10(12)11(15)13-8/h3-6H,1-2H3,(H2,12,14)(H,13,15). The number of para-hydroxylation sites is 1. The second-order valence-electron chi connectivity index (χ2n) is 3.85. The van der Waals surface area contributed by atoms with Gasteiger partial charge in [-0.15, -0.1) is 0 Å². The van der Waals surface area contributed by atoms with Crippen LogP contribution >= 0.6 is 0 Å². The first-order chi connectivity index (χ1) is 7.09. The maximum absolute atomic E-state index is 11.3. The molecular weight excluding hydrogens is 190 g/mol. The summed E-state index contributed by atoms with van der Waals surface area (Å²) < 4.78 is 0. The fourth-order valence-corrected chi connectivity index (χ4v) is 1.61. The number of fused-ring (bicyclic) bond motifs is 1. The third kappa shape index (κ3) is 1.58. The molecule has 0 fully saturated rings. The van der Waals surface area contributed by atoms with Crippen LogP contribution in [0.3, 0.4) is 0 Å². The van der Waals surface area contributed by atoms with Gasteiger partial charge in [0.2, 0.25) is 0 Å². The van der Waals surface area contributed by atoms with Crippen molar-refractivity contribution in [2.45, 2.75) is 19.8 Å². The lowest BCUT2D eigenvalue weighted by molar-refractivity contribution is 0.872. The molecule has 0 bridgehead atoms. The first-order valence-corrected chi connectivity index (χ1v) is 4.88. The number of H-pyrrole nitrogens is 1. The van der Waals surface area contributed by atoms with E-state index in [9.17, 15) is 4.79 Å². The molecule has 0 aliphatic rings. The van der Waals surface area contributed by atoms with E-state index < -0.39 is 0 Å². The van der Waals surface area contributed by atoms with Crippen LogP contribution in [0.5, 0.6) is 0 Å². The van der Waals surface area contributed by atoms with Crippen LogP contribution in [0, 0.1) is 0 Å². The molecule has 3 N–H and O–H groups in total. The quantitative estimate of drug-likeness (QED) is 0.739. The Kier molecular flexibility index (Phi) is 2.19. The Bertz CT molecular complexity index is 557. The van der Waals surface area contributed by atoms with E-state index in [2.05, 4.69) is 23.8 Å². The van der Waals surface area contributed by atoms with E-state index in [0.717, 1.165) is 16.6 Å². The number of benzene rings is 1. The molecule has 4 nitrogen and oxygen atoms in total. The highest BCUT2D eigenvalue weighted by Crippen LogP contribution is 2.21. The summed E-state index contributed by atoms with van der Waals surface area (Å²) in [5.74, 6) is 0.377. The van der Waals surface area contributed by atoms with E-state index in [1.807, 2.05) is 18.2 Å². The molecular formula is C11H13N3O. The molecule has 15 heavy (non-hydrogen) atoms. The van der Waals surface area contributed by atoms with Crippen molar-refractivity contribution in [3.8, 4) is 0 Å². The molecule has 2 rings (SSSR count). The fourth-order valence-electron chi connectivity index (χ4n) is 1.61. The lowest BCUT2D eigenvalue weighted by Gasteiger charge is -2.08. The molecule has 4 heteroatoms. The highest BCUT2D eigenvalue weighted by atomic mass is 16.1. The Hall–Kier alpha value is -1.84. The SMILES string of the molecule is CC(C)c1cccc2[nH]c(=O)c(N)nc12. The van der Waals surface area contributed by atoms with Gasteiger partial charge in [-0.25, -0.2) is 4.98 Å². The Morgan fingerprint density at radius 3 is 2.80 bits per heavy atom. The third-order valence-electron chi connectivity index (χ3n) is 2.40. The first-order valence-electron chi connectivity index (χ1n) is 4.88. The Morgan fingerprint density at radius 1 is 1.40 bits per heavy atom. The van der Waals surface area contributed by atoms with Crippen molar-refractivity contribution in [1.82, 2.24) is 9.97 Å². The van der Waals surface area contributed by atoms with Gasteiger partial charge >= 0.3 is 0 Å². The van der Waals surface area contributed by atoms with E-state index >= 15 is 0 Å². The van der Waals surface area contributed by atoms with Crippen LogP contribution in [0.1, 0.15) is 25.3 Å². The molecule has 0 spiro atoms. The number of nitrogen functional groups attached to an aromatic ring is 1. The molecule has 1 aromatic heterocycles. The summed E-state index contributed by atoms with van der Waals surface area (Å²) in [6, 6.07) is 5.73. The van der Waals surface area contributed by atoms with E-state index in [-0.39, 0.29) is 11.4 Å². The maximum atomic E-state index is 11.3. The molecule has 78 valence electrons. The van der Waals surface area contributed by atoms with Gasteiger partial charge in [0.15, 0.2) is 5.82 Å². The minimum atomic E-state index is -0.330. The summed E-state index contributed by atoms with van der Waals surface area (Å²) in [5.41, 5.74) is 7.78. The van der Waals surface area contributed by atoms with E-state index in [1.54, 1.807) is 0 Å². The minimum absolute atomic E-state index is 0.0237. The number of nitrogens with zero attached hydrogens (tertiary/aromatic N) is 1. The third-order valence-corrected chi connectivity index (χ3v) is 2.40. The zero-order valence-corrected chi connectivity index (χ0v) is 8.74. The first kappa shape index (κ1) is 9.71. The van der Waals surface area contributed by atoms with Crippen LogP contribution in [0.15, 0.2) is 23.0 Å². The topological polar surface area (TPSA) is 71.8 Å². The summed E-state index contributed by atoms with van der Waals surface area (Å²) in [6.45, 7) is 4.16. The lowest BCUT2D eigenvalue weighted by Crippen LogP contribution is -2.14. The van der Waals surface area contributed by atoms with Crippen molar-refractivity contribution in [3.63, 3.8) is 0 Å². The number of hydrogen-bond donors (Lipinski definition) is 2. The number of nitrogens with two attached hydrogens (primary N) is 1. The zero-order chi connectivity index (χ0) is 11.0. The summed E-state index contributed by atoms with van der Waals surface area (Å²) >= 11 is 0. The molecule has 1 heterocycles. The summed E-state index contributed by atoms with van der Waals surface area (Å²) in [5, 5.41) is 0. The van der Waals surface area contributed by atoms with Crippen LogP contribution in [0.4, 0.5) is 5.82 Å². The molecule has 0 unspecified atom stereocenters. The van der Waals surface area contributed by atoms with Gasteiger partial charge in [-0.3, -0.25) is 4.79 Å². The zero-order valence-electron chi connectivity index (χ0n) is 8.74. The largest absolute Gasteiger partial charge is 0.379 e. The summed E-state index contributed by atoms with van der Waals surface area (Å²) in [4.78, 5) is 18.1. The number of hydrogen-bond acceptors (Lipinski definition) is 3. The fraction of sp³-hybridized carbons (Fsp3) is 0.273. The number of nitrogens with one attached hydrogen (secondary N) is 1. The molecule has 0 atom stereocenters. The Balaban J connectivity index is 2.86. The molecule has 0 aliphatic heterocycles. The molecule has 2 aromatic rings. The average molecular weight is 203 g/mol. The Morgan fingerprint density at radius 2 is 2.13 bits per heavy atom. The van der Waals surface area contributed by atoms with Crippen LogP contribution in [-0.2, 0) is 0 Å². The number of rotatable bonds is 1. The van der Waals surface area contributed by atoms with Crippen molar-refractivity contribution >= 4 is 16.9 Å². The van der Waals surface area contributed by atoms with Crippen molar-refractivity contribution in [3.05, 3.63) is 34.1 Å². The summed E-state index contributed by atoms with van der Waals surface area (Å²) in [6.07, 6.45) is 0. The van der Waals surface area contributed by atoms with Crippen LogP contribution in [0.25, 0.3) is 11.0 Å². The molecule has 0 aliphatic carbocycles. The predicted octanol–water partition coefficient (Wildman–Crippen LogP) is 1.63. The Labute approximate surface area is 87.1 Å². The van der Waals surface area contributed by atoms with Crippen LogP contribution in [-0.4, -0.2) is 9.97 Å². The molecule has 0 saturated carbocycles. The van der Waals surface area contributed by atoms with Gasteiger partial charge in [0.05, 0.1) is 11.0 Å². The molecule has 0 amide bonds. The van der Waals surface area contributed by atoms with Crippen LogP contribution < -0.4 is 11.3 Å². The van der Waals surface area contributed by atoms with Crippen molar-refractivity contribution in [2.24, 2.45) is 0 Å². The normalized spacial score (nSPS) is 11.1. The number of anilines is 1. The van der Waals surface area contributed by atoms with Crippen molar-refractivity contribution < 1.29 is 0 Å². The van der Waals surface area contributed by atoms with Gasteiger partial charge in [-0.2, -0.15) is 0 Å².